The maximum atomic E-state index is 8.40. The Morgan fingerprint density at radius 1 is 1.33 bits per heavy atom. The van der Waals surface area contributed by atoms with Crippen LogP contribution < -0.4 is 0 Å². The topological polar surface area (TPSA) is 20.2 Å². The molecule has 1 heteroatoms. The molecule has 0 aromatic carbocycles. The molecule has 52 valence electrons. The lowest BCUT2D eigenvalue weighted by atomic mass is 10.2. The molecular formula is C8H14O. The molecule has 0 heterocycles. The van der Waals surface area contributed by atoms with Gasteiger partial charge in [0.05, 0.1) is 0 Å². The zero-order valence-electron chi connectivity index (χ0n) is 5.71. The van der Waals surface area contributed by atoms with E-state index < -0.39 is 0 Å². The molecule has 0 aromatic heterocycles. The fourth-order valence-electron chi connectivity index (χ4n) is 0.835. The second-order valence-corrected chi connectivity index (χ2v) is 2.66. The van der Waals surface area contributed by atoms with Crippen molar-refractivity contribution in [3.8, 4) is 0 Å². The molecule has 0 amide bonds. The molecule has 0 radical (unpaired) electrons. The fraction of sp³-hybridized carbons (Fsp3) is 0.750. The molecule has 0 aromatic rings. The van der Waals surface area contributed by atoms with Crippen LogP contribution in [0, 0.1) is 5.92 Å². The molecule has 0 saturated heterocycles. The van der Waals surface area contributed by atoms with Crippen molar-refractivity contribution in [3.63, 3.8) is 0 Å². The van der Waals surface area contributed by atoms with Gasteiger partial charge in [0.25, 0.3) is 0 Å². The van der Waals surface area contributed by atoms with Crippen molar-refractivity contribution in [1.29, 1.82) is 0 Å². The Kier molecular flexibility index (Phi) is 2.78. The first kappa shape index (κ1) is 6.81. The van der Waals surface area contributed by atoms with Gasteiger partial charge in [0.1, 0.15) is 0 Å². The highest BCUT2D eigenvalue weighted by atomic mass is 16.2. The zero-order chi connectivity index (χ0) is 6.53. The van der Waals surface area contributed by atoms with Crippen molar-refractivity contribution in [1.82, 2.24) is 0 Å². The predicted octanol–water partition coefficient (Wildman–Crippen LogP) is 1.73. The van der Waals surface area contributed by atoms with E-state index in [-0.39, 0.29) is 0 Å². The summed E-state index contributed by atoms with van der Waals surface area (Å²) >= 11 is 0. The fourth-order valence-corrected chi connectivity index (χ4v) is 0.835. The number of allylic oxidation sites excluding steroid dienone is 1. The number of aliphatic hydroxyl groups excluding tert-OH is 1. The summed E-state index contributed by atoms with van der Waals surface area (Å²) in [6, 6.07) is 0. The number of rotatable bonds is 4. The standard InChI is InChI=1S/C8H14O/c9-7-3-1-2-4-8-5-6-8/h1-2,8-9H,3-7H2. The first-order valence-corrected chi connectivity index (χ1v) is 3.69. The van der Waals surface area contributed by atoms with E-state index in [9.17, 15) is 0 Å². The van der Waals surface area contributed by atoms with Crippen molar-refractivity contribution >= 4 is 0 Å². The average Bonchev–Trinajstić information content (AvgIpc) is 2.63. The van der Waals surface area contributed by atoms with Gasteiger partial charge in [0.2, 0.25) is 0 Å². The summed E-state index contributed by atoms with van der Waals surface area (Å²) in [7, 11) is 0. The minimum absolute atomic E-state index is 0.293. The Morgan fingerprint density at radius 2 is 2.11 bits per heavy atom. The Hall–Kier alpha value is -0.300. The average molecular weight is 126 g/mol. The van der Waals surface area contributed by atoms with Gasteiger partial charge in [0.15, 0.2) is 0 Å². The lowest BCUT2D eigenvalue weighted by Gasteiger charge is -1.85. The Labute approximate surface area is 56.4 Å². The predicted molar refractivity (Wildman–Crippen MR) is 38.2 cm³/mol. The van der Waals surface area contributed by atoms with E-state index in [2.05, 4.69) is 12.2 Å². The normalized spacial score (nSPS) is 19.2. The molecule has 0 spiro atoms. The second kappa shape index (κ2) is 3.67. The molecule has 1 rings (SSSR count). The monoisotopic (exact) mass is 126 g/mol. The van der Waals surface area contributed by atoms with Gasteiger partial charge in [-0.1, -0.05) is 12.2 Å². The number of hydrogen-bond donors (Lipinski definition) is 1. The van der Waals surface area contributed by atoms with E-state index in [0.717, 1.165) is 12.3 Å². The summed E-state index contributed by atoms with van der Waals surface area (Å²) in [6.45, 7) is 0.293. The molecule has 1 saturated carbocycles. The highest BCUT2D eigenvalue weighted by Gasteiger charge is 2.18. The van der Waals surface area contributed by atoms with Crippen LogP contribution in [0.4, 0.5) is 0 Å². The van der Waals surface area contributed by atoms with Gasteiger partial charge in [-0.2, -0.15) is 0 Å². The third kappa shape index (κ3) is 3.31. The molecule has 0 unspecified atom stereocenters. The number of hydrogen-bond acceptors (Lipinski definition) is 1. The summed E-state index contributed by atoms with van der Waals surface area (Å²) in [5.41, 5.74) is 0. The van der Waals surface area contributed by atoms with Crippen molar-refractivity contribution in [2.75, 3.05) is 6.61 Å². The maximum Gasteiger partial charge on any atom is 0.0465 e. The third-order valence-corrected chi connectivity index (χ3v) is 1.63. The molecule has 1 fully saturated rings. The van der Waals surface area contributed by atoms with Crippen LogP contribution in [0.3, 0.4) is 0 Å². The van der Waals surface area contributed by atoms with Crippen LogP contribution in [-0.4, -0.2) is 11.7 Å². The van der Waals surface area contributed by atoms with Crippen LogP contribution in [0.1, 0.15) is 25.7 Å². The quantitative estimate of drug-likeness (QED) is 0.569. The molecule has 1 nitrogen and oxygen atoms in total. The van der Waals surface area contributed by atoms with E-state index in [1.165, 1.54) is 19.3 Å². The molecule has 0 atom stereocenters. The highest BCUT2D eigenvalue weighted by molar-refractivity contribution is 4.88. The molecule has 0 bridgehead atoms. The van der Waals surface area contributed by atoms with Crippen molar-refractivity contribution in [2.45, 2.75) is 25.7 Å². The van der Waals surface area contributed by atoms with Crippen LogP contribution in [0.5, 0.6) is 0 Å². The van der Waals surface area contributed by atoms with Gasteiger partial charge in [0, 0.05) is 6.61 Å². The van der Waals surface area contributed by atoms with Crippen molar-refractivity contribution < 1.29 is 5.11 Å². The molecule has 9 heavy (non-hydrogen) atoms. The number of aliphatic hydroxyl groups is 1. The van der Waals surface area contributed by atoms with Crippen molar-refractivity contribution in [2.24, 2.45) is 5.92 Å². The van der Waals surface area contributed by atoms with Gasteiger partial charge in [-0.25, -0.2) is 0 Å². The summed E-state index contributed by atoms with van der Waals surface area (Å²) in [4.78, 5) is 0. The van der Waals surface area contributed by atoms with Gasteiger partial charge < -0.3 is 5.11 Å². The maximum absolute atomic E-state index is 8.40. The van der Waals surface area contributed by atoms with Gasteiger partial charge in [-0.05, 0) is 31.6 Å². The SMILES string of the molecule is OCCC=CCC1CC1. The van der Waals surface area contributed by atoms with Crippen LogP contribution in [-0.2, 0) is 0 Å². The molecule has 1 aliphatic rings. The first-order chi connectivity index (χ1) is 4.43. The van der Waals surface area contributed by atoms with Crippen LogP contribution in [0.2, 0.25) is 0 Å². The third-order valence-electron chi connectivity index (χ3n) is 1.63. The lowest BCUT2D eigenvalue weighted by molar-refractivity contribution is 0.302. The summed E-state index contributed by atoms with van der Waals surface area (Å²) < 4.78 is 0. The molecular weight excluding hydrogens is 112 g/mol. The van der Waals surface area contributed by atoms with Crippen LogP contribution in [0.25, 0.3) is 0 Å². The van der Waals surface area contributed by atoms with E-state index in [1.54, 1.807) is 0 Å². The molecule has 0 aliphatic heterocycles. The first-order valence-electron chi connectivity index (χ1n) is 3.69. The zero-order valence-corrected chi connectivity index (χ0v) is 5.71. The second-order valence-electron chi connectivity index (χ2n) is 2.66. The molecule has 1 N–H and O–H groups in total. The highest BCUT2D eigenvalue weighted by Crippen LogP contribution is 2.32. The Bertz CT molecular complexity index is 92.7. The Morgan fingerprint density at radius 3 is 2.67 bits per heavy atom. The minimum Gasteiger partial charge on any atom is -0.396 e. The van der Waals surface area contributed by atoms with E-state index in [0.29, 0.717) is 6.61 Å². The van der Waals surface area contributed by atoms with Crippen molar-refractivity contribution in [3.05, 3.63) is 12.2 Å². The Balaban J connectivity index is 1.88. The summed E-state index contributed by atoms with van der Waals surface area (Å²) in [5.74, 6) is 0.986. The van der Waals surface area contributed by atoms with E-state index >= 15 is 0 Å². The summed E-state index contributed by atoms with van der Waals surface area (Å²) in [5, 5.41) is 8.40. The van der Waals surface area contributed by atoms with Gasteiger partial charge in [-0.3, -0.25) is 0 Å². The minimum atomic E-state index is 0.293. The van der Waals surface area contributed by atoms with E-state index in [1.807, 2.05) is 0 Å². The smallest absolute Gasteiger partial charge is 0.0465 e. The largest absolute Gasteiger partial charge is 0.396 e. The van der Waals surface area contributed by atoms with Gasteiger partial charge >= 0.3 is 0 Å². The lowest BCUT2D eigenvalue weighted by Crippen LogP contribution is -1.75. The van der Waals surface area contributed by atoms with Gasteiger partial charge in [-0.15, -0.1) is 0 Å². The summed E-state index contributed by atoms with van der Waals surface area (Å²) in [6.07, 6.45) is 9.16. The molecule has 1 aliphatic carbocycles. The van der Waals surface area contributed by atoms with E-state index in [4.69, 9.17) is 5.11 Å². The van der Waals surface area contributed by atoms with Crippen LogP contribution in [0.15, 0.2) is 12.2 Å². The van der Waals surface area contributed by atoms with Crippen LogP contribution >= 0.6 is 0 Å².